The lowest BCUT2D eigenvalue weighted by Crippen LogP contribution is -2.41. The molecular weight excluding hydrogens is 240 g/mol. The normalized spacial score (nSPS) is 26.4. The molecule has 0 bridgehead atoms. The first-order chi connectivity index (χ1) is 7.95. The molecule has 1 heterocycles. The summed E-state index contributed by atoms with van der Waals surface area (Å²) in [5, 5.41) is 3.31. The summed E-state index contributed by atoms with van der Waals surface area (Å²) in [6, 6.07) is 0.395. The SMILES string of the molecule is CCC1CC(NCCS(=O)(=O)N(C)C)CCO1. The molecular formula is C11H24N2O3S. The molecule has 0 aromatic heterocycles. The Morgan fingerprint density at radius 2 is 2.12 bits per heavy atom. The maximum Gasteiger partial charge on any atom is 0.214 e. The predicted octanol–water partition coefficient (Wildman–Crippen LogP) is 0.425. The summed E-state index contributed by atoms with van der Waals surface area (Å²) >= 11 is 0. The minimum absolute atomic E-state index is 0.161. The minimum atomic E-state index is -3.08. The lowest BCUT2D eigenvalue weighted by molar-refractivity contribution is 0.000332. The number of hydrogen-bond acceptors (Lipinski definition) is 4. The zero-order valence-corrected chi connectivity index (χ0v) is 11.8. The second kappa shape index (κ2) is 6.68. The molecule has 17 heavy (non-hydrogen) atoms. The average molecular weight is 264 g/mol. The van der Waals surface area contributed by atoms with Crippen LogP contribution in [0.5, 0.6) is 0 Å². The van der Waals surface area contributed by atoms with E-state index in [4.69, 9.17) is 4.74 Å². The van der Waals surface area contributed by atoms with Crippen LogP contribution in [0.4, 0.5) is 0 Å². The van der Waals surface area contributed by atoms with Gasteiger partial charge in [-0.05, 0) is 19.3 Å². The van der Waals surface area contributed by atoms with E-state index in [9.17, 15) is 8.42 Å². The van der Waals surface area contributed by atoms with E-state index < -0.39 is 10.0 Å². The minimum Gasteiger partial charge on any atom is -0.378 e. The van der Waals surface area contributed by atoms with Crippen LogP contribution in [0.2, 0.25) is 0 Å². The number of rotatable bonds is 6. The van der Waals surface area contributed by atoms with Crippen LogP contribution in [0.1, 0.15) is 26.2 Å². The van der Waals surface area contributed by atoms with E-state index in [1.54, 1.807) is 14.1 Å². The summed E-state index contributed by atoms with van der Waals surface area (Å²) in [4.78, 5) is 0. The van der Waals surface area contributed by atoms with Crippen LogP contribution in [0.3, 0.4) is 0 Å². The Labute approximate surface area is 105 Å². The van der Waals surface area contributed by atoms with Crippen LogP contribution in [0, 0.1) is 0 Å². The summed E-state index contributed by atoms with van der Waals surface area (Å²) in [6.07, 6.45) is 3.30. The zero-order chi connectivity index (χ0) is 12.9. The number of nitrogens with one attached hydrogen (secondary N) is 1. The largest absolute Gasteiger partial charge is 0.378 e. The summed E-state index contributed by atoms with van der Waals surface area (Å²) in [6.45, 7) is 3.40. The molecule has 0 radical (unpaired) electrons. The summed E-state index contributed by atoms with van der Waals surface area (Å²) in [5.74, 6) is 0.161. The van der Waals surface area contributed by atoms with Gasteiger partial charge in [0.1, 0.15) is 0 Å². The third-order valence-electron chi connectivity index (χ3n) is 3.17. The lowest BCUT2D eigenvalue weighted by atomic mass is 10.0. The van der Waals surface area contributed by atoms with Crippen LogP contribution in [0.15, 0.2) is 0 Å². The molecule has 1 aliphatic heterocycles. The van der Waals surface area contributed by atoms with E-state index >= 15 is 0 Å². The van der Waals surface area contributed by atoms with Gasteiger partial charge in [0.15, 0.2) is 0 Å². The third-order valence-corrected chi connectivity index (χ3v) is 5.00. The number of hydrogen-bond donors (Lipinski definition) is 1. The Morgan fingerprint density at radius 3 is 2.71 bits per heavy atom. The van der Waals surface area contributed by atoms with Crippen molar-refractivity contribution in [1.82, 2.24) is 9.62 Å². The molecule has 0 aromatic rings. The molecule has 0 aromatic carbocycles. The Bertz CT molecular complexity index is 317. The van der Waals surface area contributed by atoms with Crippen molar-refractivity contribution in [3.63, 3.8) is 0 Å². The fourth-order valence-electron chi connectivity index (χ4n) is 1.92. The van der Waals surface area contributed by atoms with Gasteiger partial charge in [0.25, 0.3) is 0 Å². The van der Waals surface area contributed by atoms with Crippen molar-refractivity contribution < 1.29 is 13.2 Å². The van der Waals surface area contributed by atoms with Crippen molar-refractivity contribution in [3.8, 4) is 0 Å². The van der Waals surface area contributed by atoms with Crippen LogP contribution < -0.4 is 5.32 Å². The van der Waals surface area contributed by atoms with Gasteiger partial charge >= 0.3 is 0 Å². The molecule has 1 fully saturated rings. The van der Waals surface area contributed by atoms with Crippen LogP contribution >= 0.6 is 0 Å². The van der Waals surface area contributed by atoms with E-state index in [1.807, 2.05) is 0 Å². The van der Waals surface area contributed by atoms with E-state index in [2.05, 4.69) is 12.2 Å². The summed E-state index contributed by atoms with van der Waals surface area (Å²) in [5.41, 5.74) is 0. The van der Waals surface area contributed by atoms with Crippen molar-refractivity contribution in [2.45, 2.75) is 38.3 Å². The lowest BCUT2D eigenvalue weighted by Gasteiger charge is -2.29. The Balaban J connectivity index is 2.27. The van der Waals surface area contributed by atoms with E-state index in [-0.39, 0.29) is 5.75 Å². The van der Waals surface area contributed by atoms with Gasteiger partial charge in [0.2, 0.25) is 10.0 Å². The standard InChI is InChI=1S/C11H24N2O3S/c1-4-11-9-10(5-7-16-11)12-6-8-17(14,15)13(2)3/h10-12H,4-9H2,1-3H3. The fraction of sp³-hybridized carbons (Fsp3) is 1.00. The van der Waals surface area contributed by atoms with Crippen molar-refractivity contribution >= 4 is 10.0 Å². The number of ether oxygens (including phenoxy) is 1. The van der Waals surface area contributed by atoms with Gasteiger partial charge in [0.05, 0.1) is 11.9 Å². The molecule has 5 nitrogen and oxygen atoms in total. The summed E-state index contributed by atoms with van der Waals surface area (Å²) < 4.78 is 30.0. The van der Waals surface area contributed by atoms with Crippen molar-refractivity contribution in [2.24, 2.45) is 0 Å². The molecule has 0 amide bonds. The fourth-order valence-corrected chi connectivity index (χ4v) is 2.67. The Kier molecular flexibility index (Phi) is 5.85. The first-order valence-electron chi connectivity index (χ1n) is 6.21. The van der Waals surface area contributed by atoms with Gasteiger partial charge in [-0.25, -0.2) is 12.7 Å². The van der Waals surface area contributed by atoms with Crippen LogP contribution in [-0.4, -0.2) is 57.9 Å². The monoisotopic (exact) mass is 264 g/mol. The molecule has 1 rings (SSSR count). The van der Waals surface area contributed by atoms with Gasteiger partial charge < -0.3 is 10.1 Å². The highest BCUT2D eigenvalue weighted by molar-refractivity contribution is 7.89. The van der Waals surface area contributed by atoms with E-state index in [1.165, 1.54) is 4.31 Å². The predicted molar refractivity (Wildman–Crippen MR) is 68.5 cm³/mol. The van der Waals surface area contributed by atoms with Gasteiger partial charge in [-0.3, -0.25) is 0 Å². The van der Waals surface area contributed by atoms with Gasteiger partial charge in [-0.15, -0.1) is 0 Å². The topological polar surface area (TPSA) is 58.6 Å². The van der Waals surface area contributed by atoms with Crippen LogP contribution in [-0.2, 0) is 14.8 Å². The number of sulfonamides is 1. The highest BCUT2D eigenvalue weighted by atomic mass is 32.2. The van der Waals surface area contributed by atoms with Gasteiger partial charge in [0, 0.05) is 33.3 Å². The van der Waals surface area contributed by atoms with Crippen molar-refractivity contribution in [2.75, 3.05) is 33.0 Å². The van der Waals surface area contributed by atoms with Gasteiger partial charge in [-0.1, -0.05) is 6.92 Å². The Hall–Kier alpha value is -0.170. The highest BCUT2D eigenvalue weighted by Crippen LogP contribution is 2.16. The second-order valence-corrected chi connectivity index (χ2v) is 6.98. The third kappa shape index (κ3) is 4.91. The highest BCUT2D eigenvalue weighted by Gasteiger charge is 2.21. The molecule has 0 spiro atoms. The van der Waals surface area contributed by atoms with Crippen molar-refractivity contribution in [3.05, 3.63) is 0 Å². The molecule has 1 aliphatic rings. The first kappa shape index (κ1) is 14.9. The van der Waals surface area contributed by atoms with Crippen LogP contribution in [0.25, 0.3) is 0 Å². The summed E-state index contributed by atoms with van der Waals surface area (Å²) in [7, 11) is 0.0542. The maximum atomic E-state index is 11.6. The van der Waals surface area contributed by atoms with E-state index in [0.29, 0.717) is 18.7 Å². The first-order valence-corrected chi connectivity index (χ1v) is 7.81. The molecule has 102 valence electrons. The van der Waals surface area contributed by atoms with Gasteiger partial charge in [-0.2, -0.15) is 0 Å². The molecule has 2 atom stereocenters. The molecule has 6 heteroatoms. The molecule has 1 saturated heterocycles. The molecule has 0 aliphatic carbocycles. The van der Waals surface area contributed by atoms with Crippen molar-refractivity contribution in [1.29, 1.82) is 0 Å². The zero-order valence-electron chi connectivity index (χ0n) is 11.0. The second-order valence-electron chi connectivity index (χ2n) is 4.67. The quantitative estimate of drug-likeness (QED) is 0.755. The molecule has 1 N–H and O–H groups in total. The maximum absolute atomic E-state index is 11.6. The Morgan fingerprint density at radius 1 is 1.41 bits per heavy atom. The van der Waals surface area contributed by atoms with E-state index in [0.717, 1.165) is 25.9 Å². The smallest absolute Gasteiger partial charge is 0.214 e. The number of nitrogens with zero attached hydrogens (tertiary/aromatic N) is 1. The molecule has 2 unspecified atom stereocenters. The average Bonchev–Trinajstić information content (AvgIpc) is 2.29. The molecule has 0 saturated carbocycles.